The molecule has 0 radical (unpaired) electrons. The molecule has 1 heterocycles. The van der Waals surface area contributed by atoms with Gasteiger partial charge in [0.2, 0.25) is 0 Å². The van der Waals surface area contributed by atoms with Gasteiger partial charge in [-0.2, -0.15) is 0 Å². The summed E-state index contributed by atoms with van der Waals surface area (Å²) in [6.07, 6.45) is 1.87. The maximum Gasteiger partial charge on any atom is 0.0372 e. The molecule has 0 amide bonds. The van der Waals surface area contributed by atoms with Gasteiger partial charge in [0, 0.05) is 11.9 Å². The Morgan fingerprint density at radius 3 is 1.67 bits per heavy atom. The molecule has 1 heteroatoms. The predicted molar refractivity (Wildman–Crippen MR) is 56.4 cm³/mol. The second-order valence-electron chi connectivity index (χ2n) is 1.98. The van der Waals surface area contributed by atoms with Gasteiger partial charge in [0.05, 0.1) is 0 Å². The van der Waals surface area contributed by atoms with Crippen LogP contribution in [0, 0.1) is 13.8 Å². The number of aryl methyl sites for hydroxylation is 2. The summed E-state index contributed by atoms with van der Waals surface area (Å²) in [5, 5.41) is 0. The van der Waals surface area contributed by atoms with Crippen molar-refractivity contribution in [3.63, 3.8) is 0 Å². The maximum absolute atomic E-state index is 4.08. The molecule has 0 bridgehead atoms. The molecular formula is C11H21N. The highest BCUT2D eigenvalue weighted by Crippen LogP contribution is 1.94. The molecule has 70 valence electrons. The molecule has 0 N–H and O–H groups in total. The topological polar surface area (TPSA) is 12.9 Å². The highest BCUT2D eigenvalue weighted by Gasteiger charge is 1.81. The smallest absolute Gasteiger partial charge is 0.0372 e. The minimum Gasteiger partial charge on any atom is -0.261 e. The van der Waals surface area contributed by atoms with Crippen LogP contribution in [0.3, 0.4) is 0 Å². The van der Waals surface area contributed by atoms with Crippen LogP contribution in [0.5, 0.6) is 0 Å². The van der Waals surface area contributed by atoms with E-state index in [2.05, 4.69) is 11.1 Å². The van der Waals surface area contributed by atoms with E-state index in [-0.39, 0.29) is 0 Å². The lowest BCUT2D eigenvalue weighted by Crippen LogP contribution is -1.78. The van der Waals surface area contributed by atoms with Crippen molar-refractivity contribution in [3.8, 4) is 0 Å². The summed E-state index contributed by atoms with van der Waals surface area (Å²) in [5.41, 5.74) is 2.30. The summed E-state index contributed by atoms with van der Waals surface area (Å²) in [4.78, 5) is 4.08. The molecule has 0 saturated carbocycles. The molecular weight excluding hydrogens is 146 g/mol. The average molecular weight is 167 g/mol. The molecule has 0 atom stereocenters. The summed E-state index contributed by atoms with van der Waals surface area (Å²) < 4.78 is 0. The fourth-order valence-corrected chi connectivity index (χ4v) is 0.542. The molecule has 12 heavy (non-hydrogen) atoms. The standard InChI is InChI=1S/C7H9N.2C2H6/c1-6-3-4-7(2)8-5-6;2*1-2/h3-5H,1-2H3;2*1-2H3. The van der Waals surface area contributed by atoms with Crippen molar-refractivity contribution < 1.29 is 0 Å². The van der Waals surface area contributed by atoms with E-state index in [1.807, 2.05) is 53.8 Å². The molecule has 0 spiro atoms. The van der Waals surface area contributed by atoms with Crippen LogP contribution in [0.15, 0.2) is 18.3 Å². The third kappa shape index (κ3) is 7.26. The first kappa shape index (κ1) is 13.7. The van der Waals surface area contributed by atoms with Gasteiger partial charge in [-0.1, -0.05) is 33.8 Å². The van der Waals surface area contributed by atoms with Crippen molar-refractivity contribution >= 4 is 0 Å². The molecule has 0 saturated heterocycles. The largest absolute Gasteiger partial charge is 0.261 e. The average Bonchev–Trinajstić information content (AvgIpc) is 2.17. The quantitative estimate of drug-likeness (QED) is 0.573. The zero-order valence-electron chi connectivity index (χ0n) is 9.18. The summed E-state index contributed by atoms with van der Waals surface area (Å²) in [6.45, 7) is 12.0. The van der Waals surface area contributed by atoms with Gasteiger partial charge in [-0.15, -0.1) is 0 Å². The predicted octanol–water partition coefficient (Wildman–Crippen LogP) is 3.75. The van der Waals surface area contributed by atoms with E-state index in [0.29, 0.717) is 0 Å². The van der Waals surface area contributed by atoms with E-state index in [9.17, 15) is 0 Å². The molecule has 0 aliphatic heterocycles. The van der Waals surface area contributed by atoms with Crippen LogP contribution in [0.25, 0.3) is 0 Å². The Hall–Kier alpha value is -0.850. The van der Waals surface area contributed by atoms with Crippen LogP contribution in [0.1, 0.15) is 39.0 Å². The van der Waals surface area contributed by atoms with E-state index in [1.54, 1.807) is 0 Å². The Bertz CT molecular complexity index is 144. The summed E-state index contributed by atoms with van der Waals surface area (Å²) in [6, 6.07) is 4.07. The first-order chi connectivity index (χ1) is 5.79. The van der Waals surface area contributed by atoms with E-state index >= 15 is 0 Å². The van der Waals surface area contributed by atoms with Gasteiger partial charge in [-0.3, -0.25) is 4.98 Å². The molecule has 0 aliphatic carbocycles. The third-order valence-corrected chi connectivity index (χ3v) is 1.06. The van der Waals surface area contributed by atoms with Gasteiger partial charge < -0.3 is 0 Å². The minimum atomic E-state index is 1.08. The Morgan fingerprint density at radius 1 is 0.917 bits per heavy atom. The Labute approximate surface area is 76.9 Å². The summed E-state index contributed by atoms with van der Waals surface area (Å²) >= 11 is 0. The lowest BCUT2D eigenvalue weighted by Gasteiger charge is -1.89. The van der Waals surface area contributed by atoms with Crippen molar-refractivity contribution in [3.05, 3.63) is 29.6 Å². The number of pyridine rings is 1. The Morgan fingerprint density at radius 2 is 1.42 bits per heavy atom. The van der Waals surface area contributed by atoms with Gasteiger partial charge in [0.25, 0.3) is 0 Å². The Kier molecular flexibility index (Phi) is 11.6. The molecule has 0 aliphatic rings. The highest BCUT2D eigenvalue weighted by molar-refractivity contribution is 5.10. The first-order valence-electron chi connectivity index (χ1n) is 4.68. The van der Waals surface area contributed by atoms with Gasteiger partial charge in [0.1, 0.15) is 0 Å². The first-order valence-corrected chi connectivity index (χ1v) is 4.68. The van der Waals surface area contributed by atoms with E-state index in [1.165, 1.54) is 5.56 Å². The maximum atomic E-state index is 4.08. The molecule has 1 aromatic heterocycles. The van der Waals surface area contributed by atoms with Crippen molar-refractivity contribution in [2.45, 2.75) is 41.5 Å². The number of aromatic nitrogens is 1. The van der Waals surface area contributed by atoms with Crippen molar-refractivity contribution in [1.29, 1.82) is 0 Å². The monoisotopic (exact) mass is 167 g/mol. The van der Waals surface area contributed by atoms with Gasteiger partial charge >= 0.3 is 0 Å². The number of rotatable bonds is 0. The van der Waals surface area contributed by atoms with Crippen molar-refractivity contribution in [2.75, 3.05) is 0 Å². The number of hydrogen-bond acceptors (Lipinski definition) is 1. The fourth-order valence-electron chi connectivity index (χ4n) is 0.542. The van der Waals surface area contributed by atoms with Gasteiger partial charge in [-0.25, -0.2) is 0 Å². The van der Waals surface area contributed by atoms with Crippen LogP contribution in [0.4, 0.5) is 0 Å². The molecule has 1 nitrogen and oxygen atoms in total. The van der Waals surface area contributed by atoms with Gasteiger partial charge in [-0.05, 0) is 25.5 Å². The van der Waals surface area contributed by atoms with E-state index in [4.69, 9.17) is 0 Å². The zero-order chi connectivity index (χ0) is 9.98. The molecule has 1 aromatic rings. The summed E-state index contributed by atoms with van der Waals surface area (Å²) in [5.74, 6) is 0. The van der Waals surface area contributed by atoms with Crippen LogP contribution in [0.2, 0.25) is 0 Å². The van der Waals surface area contributed by atoms with Crippen molar-refractivity contribution in [1.82, 2.24) is 4.98 Å². The van der Waals surface area contributed by atoms with E-state index < -0.39 is 0 Å². The zero-order valence-corrected chi connectivity index (χ0v) is 9.18. The number of hydrogen-bond donors (Lipinski definition) is 0. The molecule has 0 unspecified atom stereocenters. The second-order valence-corrected chi connectivity index (χ2v) is 1.98. The highest BCUT2D eigenvalue weighted by atomic mass is 14.6. The normalized spacial score (nSPS) is 7.17. The Balaban J connectivity index is 0. The number of nitrogens with zero attached hydrogens (tertiary/aromatic N) is 1. The fraction of sp³-hybridized carbons (Fsp3) is 0.545. The lowest BCUT2D eigenvalue weighted by molar-refractivity contribution is 1.17. The SMILES string of the molecule is CC.CC.Cc1ccc(C)nc1. The molecule has 0 aromatic carbocycles. The summed E-state index contributed by atoms with van der Waals surface area (Å²) in [7, 11) is 0. The minimum absolute atomic E-state index is 1.08. The van der Waals surface area contributed by atoms with Crippen LogP contribution < -0.4 is 0 Å². The van der Waals surface area contributed by atoms with Crippen molar-refractivity contribution in [2.24, 2.45) is 0 Å². The lowest BCUT2D eigenvalue weighted by atomic mass is 10.3. The van der Waals surface area contributed by atoms with Crippen LogP contribution in [-0.4, -0.2) is 4.98 Å². The van der Waals surface area contributed by atoms with Crippen LogP contribution >= 0.6 is 0 Å². The van der Waals surface area contributed by atoms with Gasteiger partial charge in [0.15, 0.2) is 0 Å². The molecule has 1 rings (SSSR count). The third-order valence-electron chi connectivity index (χ3n) is 1.06. The molecule has 0 fully saturated rings. The van der Waals surface area contributed by atoms with E-state index in [0.717, 1.165) is 5.69 Å². The van der Waals surface area contributed by atoms with Crippen LogP contribution in [-0.2, 0) is 0 Å². The second kappa shape index (κ2) is 10.2.